The van der Waals surface area contributed by atoms with Crippen LogP contribution in [0.5, 0.6) is 5.75 Å². The number of allylic oxidation sites excluding steroid dienone is 1. The van der Waals surface area contributed by atoms with Crippen LogP contribution in [0.25, 0.3) is 0 Å². The van der Waals surface area contributed by atoms with E-state index in [4.69, 9.17) is 9.84 Å². The fraction of sp³-hybridized carbons (Fsp3) is 0.294. The minimum absolute atomic E-state index is 0.383. The molecule has 0 aromatic heterocycles. The van der Waals surface area contributed by atoms with Gasteiger partial charge in [0, 0.05) is 17.6 Å². The number of carbonyl (C=O) groups excluding carboxylic acids is 1. The van der Waals surface area contributed by atoms with Crippen molar-refractivity contribution in [1.82, 2.24) is 0 Å². The van der Waals surface area contributed by atoms with E-state index in [1.54, 1.807) is 19.9 Å². The van der Waals surface area contributed by atoms with E-state index in [1.807, 2.05) is 30.3 Å². The molecule has 0 fully saturated rings. The number of aliphatic carboxylic acids is 1. The van der Waals surface area contributed by atoms with Gasteiger partial charge < -0.3 is 14.6 Å². The molecule has 0 atom stereocenters. The van der Waals surface area contributed by atoms with Crippen LogP contribution >= 0.6 is 0 Å². The van der Waals surface area contributed by atoms with Gasteiger partial charge >= 0.3 is 11.9 Å². The van der Waals surface area contributed by atoms with Crippen molar-refractivity contribution in [2.75, 3.05) is 13.7 Å². The molecule has 1 aromatic rings. The summed E-state index contributed by atoms with van der Waals surface area (Å²) in [6.45, 7) is 7.29. The van der Waals surface area contributed by atoms with Crippen molar-refractivity contribution < 1.29 is 24.2 Å². The number of hydrogen-bond donors (Lipinski definition) is 1. The van der Waals surface area contributed by atoms with Gasteiger partial charge in [-0.05, 0) is 26.0 Å². The summed E-state index contributed by atoms with van der Waals surface area (Å²) in [6.07, 6.45) is 2.03. The smallest absolute Gasteiger partial charge is 0.333 e. The standard InChI is InChI=1S/C12H14O3.C5H8O2/c1-10(12(13)14-2)8-9-15-11-6-4-3-5-7-11;1-3-4(2)5(6)7/h3-7H,1,8-9H2,2H3;3H,1-2H3,(H,6,7). The first-order chi connectivity index (χ1) is 10.4. The van der Waals surface area contributed by atoms with Crippen molar-refractivity contribution in [2.45, 2.75) is 20.3 Å². The maximum atomic E-state index is 11.0. The molecular formula is C17H22O5. The molecule has 5 heteroatoms. The third-order valence-corrected chi connectivity index (χ3v) is 2.66. The maximum absolute atomic E-state index is 11.0. The highest BCUT2D eigenvalue weighted by molar-refractivity contribution is 5.87. The number of para-hydroxylation sites is 1. The zero-order valence-corrected chi connectivity index (χ0v) is 13.2. The van der Waals surface area contributed by atoms with E-state index >= 15 is 0 Å². The van der Waals surface area contributed by atoms with Crippen LogP contribution in [0, 0.1) is 0 Å². The Morgan fingerprint density at radius 2 is 1.86 bits per heavy atom. The van der Waals surface area contributed by atoms with E-state index in [0.29, 0.717) is 24.2 Å². The molecule has 1 rings (SSSR count). The summed E-state index contributed by atoms with van der Waals surface area (Å²) in [7, 11) is 1.34. The summed E-state index contributed by atoms with van der Waals surface area (Å²) in [5, 5.41) is 8.11. The molecule has 1 aromatic carbocycles. The van der Waals surface area contributed by atoms with E-state index in [0.717, 1.165) is 5.75 Å². The molecule has 0 bridgehead atoms. The van der Waals surface area contributed by atoms with Crippen LogP contribution in [-0.4, -0.2) is 30.8 Å². The van der Waals surface area contributed by atoms with Crippen molar-refractivity contribution in [3.05, 3.63) is 54.1 Å². The molecule has 1 N–H and O–H groups in total. The lowest BCUT2D eigenvalue weighted by Gasteiger charge is -2.06. The summed E-state index contributed by atoms with van der Waals surface area (Å²) in [5.41, 5.74) is 0.813. The number of esters is 1. The largest absolute Gasteiger partial charge is 0.493 e. The van der Waals surface area contributed by atoms with Crippen LogP contribution in [0.15, 0.2) is 54.1 Å². The van der Waals surface area contributed by atoms with Gasteiger partial charge in [-0.15, -0.1) is 0 Å². The second-order valence-corrected chi connectivity index (χ2v) is 4.28. The van der Waals surface area contributed by atoms with Gasteiger partial charge in [0.2, 0.25) is 0 Å². The summed E-state index contributed by atoms with van der Waals surface area (Å²) >= 11 is 0. The van der Waals surface area contributed by atoms with Crippen LogP contribution in [0.1, 0.15) is 20.3 Å². The van der Waals surface area contributed by atoms with E-state index in [2.05, 4.69) is 11.3 Å². The molecule has 0 aliphatic carbocycles. The van der Waals surface area contributed by atoms with Crippen molar-refractivity contribution in [2.24, 2.45) is 0 Å². The minimum Gasteiger partial charge on any atom is -0.493 e. The number of rotatable bonds is 6. The van der Waals surface area contributed by atoms with Gasteiger partial charge in [0.25, 0.3) is 0 Å². The lowest BCUT2D eigenvalue weighted by molar-refractivity contribution is -0.136. The van der Waals surface area contributed by atoms with Crippen LogP contribution < -0.4 is 4.74 Å². The first-order valence-electron chi connectivity index (χ1n) is 6.72. The summed E-state index contributed by atoms with van der Waals surface area (Å²) < 4.78 is 9.92. The Balaban J connectivity index is 0.000000534. The van der Waals surface area contributed by atoms with Crippen LogP contribution in [0.4, 0.5) is 0 Å². The van der Waals surface area contributed by atoms with Crippen molar-refractivity contribution >= 4 is 11.9 Å². The molecule has 0 amide bonds. The van der Waals surface area contributed by atoms with Gasteiger partial charge in [0.05, 0.1) is 13.7 Å². The molecule has 0 unspecified atom stereocenters. The van der Waals surface area contributed by atoms with E-state index in [-0.39, 0.29) is 5.97 Å². The van der Waals surface area contributed by atoms with Gasteiger partial charge in [-0.2, -0.15) is 0 Å². The second-order valence-electron chi connectivity index (χ2n) is 4.28. The fourth-order valence-corrected chi connectivity index (χ4v) is 1.18. The highest BCUT2D eigenvalue weighted by Gasteiger charge is 2.05. The Morgan fingerprint density at radius 1 is 1.27 bits per heavy atom. The summed E-state index contributed by atoms with van der Waals surface area (Å²) in [6, 6.07) is 9.43. The predicted octanol–water partition coefficient (Wildman–Crippen LogP) is 3.22. The highest BCUT2D eigenvalue weighted by Crippen LogP contribution is 2.10. The number of carboxylic acids is 1. The first-order valence-corrected chi connectivity index (χ1v) is 6.72. The lowest BCUT2D eigenvalue weighted by Crippen LogP contribution is -2.07. The van der Waals surface area contributed by atoms with Crippen LogP contribution in [0.2, 0.25) is 0 Å². The first kappa shape index (κ1) is 19.4. The SMILES string of the molecule is C=C(CCOc1ccccc1)C(=O)OC.CC=C(C)C(=O)O. The second kappa shape index (κ2) is 11.1. The molecule has 0 aliphatic rings. The van der Waals surface area contributed by atoms with Crippen LogP contribution in [-0.2, 0) is 14.3 Å². The average Bonchev–Trinajstić information content (AvgIpc) is 2.54. The molecule has 5 nitrogen and oxygen atoms in total. The molecule has 0 aliphatic heterocycles. The number of ether oxygens (including phenoxy) is 2. The molecule has 0 saturated heterocycles. The quantitative estimate of drug-likeness (QED) is 0.645. The van der Waals surface area contributed by atoms with Gasteiger partial charge in [-0.25, -0.2) is 9.59 Å². The van der Waals surface area contributed by atoms with Gasteiger partial charge in [0.15, 0.2) is 0 Å². The normalized spacial score (nSPS) is 10.0. The molecule has 0 heterocycles. The van der Waals surface area contributed by atoms with Gasteiger partial charge in [0.1, 0.15) is 5.75 Å². The number of carboxylic acid groups (broad SMARTS) is 1. The monoisotopic (exact) mass is 306 g/mol. The van der Waals surface area contributed by atoms with E-state index < -0.39 is 5.97 Å². The average molecular weight is 306 g/mol. The van der Waals surface area contributed by atoms with Crippen LogP contribution in [0.3, 0.4) is 0 Å². The molecule has 0 radical (unpaired) electrons. The van der Waals surface area contributed by atoms with Crippen molar-refractivity contribution in [3.8, 4) is 5.75 Å². The Kier molecular flexibility index (Phi) is 9.84. The number of hydrogen-bond acceptors (Lipinski definition) is 4. The Bertz CT molecular complexity index is 517. The number of benzene rings is 1. The Morgan fingerprint density at radius 3 is 2.27 bits per heavy atom. The molecule has 0 spiro atoms. The summed E-state index contributed by atoms with van der Waals surface area (Å²) in [5.74, 6) is -0.440. The van der Waals surface area contributed by atoms with Gasteiger partial charge in [-0.1, -0.05) is 30.9 Å². The van der Waals surface area contributed by atoms with E-state index in [1.165, 1.54) is 7.11 Å². The van der Waals surface area contributed by atoms with Crippen molar-refractivity contribution in [3.63, 3.8) is 0 Å². The number of carbonyl (C=O) groups is 2. The fourth-order valence-electron chi connectivity index (χ4n) is 1.18. The highest BCUT2D eigenvalue weighted by atomic mass is 16.5. The third kappa shape index (κ3) is 8.58. The molecule has 120 valence electrons. The Labute approximate surface area is 130 Å². The molecule has 0 saturated carbocycles. The Hall–Kier alpha value is -2.56. The zero-order chi connectivity index (χ0) is 17.0. The number of methoxy groups -OCH3 is 1. The summed E-state index contributed by atoms with van der Waals surface area (Å²) in [4.78, 5) is 20.8. The topological polar surface area (TPSA) is 72.8 Å². The lowest BCUT2D eigenvalue weighted by atomic mass is 10.2. The molecule has 22 heavy (non-hydrogen) atoms. The minimum atomic E-state index is -0.845. The van der Waals surface area contributed by atoms with E-state index in [9.17, 15) is 9.59 Å². The molecular weight excluding hydrogens is 284 g/mol. The van der Waals surface area contributed by atoms with Crippen molar-refractivity contribution in [1.29, 1.82) is 0 Å². The predicted molar refractivity (Wildman–Crippen MR) is 84.8 cm³/mol. The van der Waals surface area contributed by atoms with Gasteiger partial charge in [-0.3, -0.25) is 0 Å². The maximum Gasteiger partial charge on any atom is 0.333 e. The third-order valence-electron chi connectivity index (χ3n) is 2.66. The zero-order valence-electron chi connectivity index (χ0n) is 13.2.